The molecule has 1 heterocycles. The van der Waals surface area contributed by atoms with Gasteiger partial charge in [-0.05, 0) is 5.39 Å². The average Bonchev–Trinajstić information content (AvgIpc) is 1.82. The van der Waals surface area contributed by atoms with Crippen LogP contribution in [-0.4, -0.2) is 24.2 Å². The molecule has 6 nitrogen and oxygen atoms in total. The molecule has 1 aliphatic heterocycles. The number of rotatable bonds is 0. The van der Waals surface area contributed by atoms with Gasteiger partial charge in [-0.1, -0.05) is 9.69 Å². The van der Waals surface area contributed by atoms with E-state index in [1.807, 2.05) is 0 Å². The SMILES string of the molecule is C[N+]1(C)NON([O-])O1. The van der Waals surface area contributed by atoms with Crippen molar-refractivity contribution in [3.63, 3.8) is 0 Å². The Balaban J connectivity index is 2.44. The van der Waals surface area contributed by atoms with E-state index in [9.17, 15) is 5.21 Å². The third-order valence-corrected chi connectivity index (χ3v) is 0.606. The van der Waals surface area contributed by atoms with Crippen LogP contribution in [0.5, 0.6) is 0 Å². The van der Waals surface area contributed by atoms with E-state index in [0.717, 1.165) is 0 Å². The van der Waals surface area contributed by atoms with Crippen molar-refractivity contribution in [1.82, 2.24) is 11.0 Å². The van der Waals surface area contributed by atoms with Crippen molar-refractivity contribution >= 4 is 0 Å². The lowest BCUT2D eigenvalue weighted by molar-refractivity contribution is -1.11. The summed E-state index contributed by atoms with van der Waals surface area (Å²) in [4.78, 5) is 8.58. The molecule has 6 heteroatoms. The van der Waals surface area contributed by atoms with Gasteiger partial charge in [0.2, 0.25) is 0 Å². The Labute approximate surface area is 46.1 Å². The molecule has 1 saturated heterocycles. The minimum atomic E-state index is -0.122. The first kappa shape index (κ1) is 5.89. The molecule has 8 heavy (non-hydrogen) atoms. The van der Waals surface area contributed by atoms with E-state index in [2.05, 4.69) is 15.5 Å². The van der Waals surface area contributed by atoms with E-state index in [4.69, 9.17) is 0 Å². The Bertz CT molecular complexity index is 94.5. The van der Waals surface area contributed by atoms with Crippen LogP contribution >= 0.6 is 0 Å². The first-order chi connectivity index (χ1) is 3.60. The summed E-state index contributed by atoms with van der Waals surface area (Å²) in [5.74, 6) is 0. The smallest absolute Gasteiger partial charge is 0.122 e. The van der Waals surface area contributed by atoms with Crippen LogP contribution < -0.4 is 5.59 Å². The number of quaternary nitrogens is 1. The van der Waals surface area contributed by atoms with Crippen LogP contribution in [0.3, 0.4) is 0 Å². The predicted molar refractivity (Wildman–Crippen MR) is 22.6 cm³/mol. The van der Waals surface area contributed by atoms with Crippen molar-refractivity contribution in [3.05, 3.63) is 5.21 Å². The summed E-state index contributed by atoms with van der Waals surface area (Å²) in [6, 6.07) is 0. The largest absolute Gasteiger partial charge is 0.732 e. The van der Waals surface area contributed by atoms with E-state index >= 15 is 0 Å². The van der Waals surface area contributed by atoms with Crippen molar-refractivity contribution in [2.75, 3.05) is 14.1 Å². The number of hydroxylamine groups is 2. The zero-order valence-electron chi connectivity index (χ0n) is 4.62. The second-order valence-electron chi connectivity index (χ2n) is 1.84. The molecule has 0 aromatic heterocycles. The standard InChI is InChI=1S/C2H7N3O3/c1-5(2)3-7-4(6)8-5/h3H,1-2H3. The number of nitrogens with one attached hydrogen (secondary N) is 1. The third-order valence-electron chi connectivity index (χ3n) is 0.606. The summed E-state index contributed by atoms with van der Waals surface area (Å²) in [5, 5.41) is 10.1. The first-order valence-corrected chi connectivity index (χ1v) is 2.05. The molecule has 0 aromatic carbocycles. The molecule has 0 aliphatic carbocycles. The molecule has 0 saturated carbocycles. The van der Waals surface area contributed by atoms with Crippen LogP contribution in [0.15, 0.2) is 0 Å². The molecule has 0 atom stereocenters. The van der Waals surface area contributed by atoms with Gasteiger partial charge in [0.1, 0.15) is 14.1 Å². The molecule has 0 aromatic rings. The third kappa shape index (κ3) is 1.13. The molecule has 0 unspecified atom stereocenters. The van der Waals surface area contributed by atoms with Gasteiger partial charge in [0, 0.05) is 5.59 Å². The zero-order chi connectivity index (χ0) is 6.20. The highest BCUT2D eigenvalue weighted by molar-refractivity contribution is 4.11. The van der Waals surface area contributed by atoms with Crippen LogP contribution in [0.25, 0.3) is 0 Å². The van der Waals surface area contributed by atoms with Gasteiger partial charge in [0.05, 0.1) is 0 Å². The molecular weight excluding hydrogens is 114 g/mol. The summed E-state index contributed by atoms with van der Waals surface area (Å²) in [6.45, 7) is 0. The second kappa shape index (κ2) is 1.62. The lowest BCUT2D eigenvalue weighted by Gasteiger charge is -2.15. The Morgan fingerprint density at radius 1 is 1.62 bits per heavy atom. The van der Waals surface area contributed by atoms with E-state index in [1.165, 1.54) is 0 Å². The van der Waals surface area contributed by atoms with Crippen LogP contribution in [0.2, 0.25) is 0 Å². The van der Waals surface area contributed by atoms with Gasteiger partial charge in [-0.2, -0.15) is 0 Å². The fraction of sp³-hybridized carbons (Fsp3) is 1.00. The molecule has 1 aliphatic rings. The van der Waals surface area contributed by atoms with E-state index in [1.54, 1.807) is 14.1 Å². The molecule has 0 radical (unpaired) electrons. The van der Waals surface area contributed by atoms with Crippen LogP contribution in [0.4, 0.5) is 0 Å². The quantitative estimate of drug-likeness (QED) is 0.420. The average molecular weight is 121 g/mol. The van der Waals surface area contributed by atoms with Crippen molar-refractivity contribution in [1.29, 1.82) is 0 Å². The second-order valence-corrected chi connectivity index (χ2v) is 1.84. The van der Waals surface area contributed by atoms with Crippen molar-refractivity contribution in [3.8, 4) is 0 Å². The topological polar surface area (TPSA) is 56.8 Å². The molecule has 1 N–H and O–H groups in total. The number of nitrogens with zero attached hydrogens (tertiary/aromatic N) is 2. The predicted octanol–water partition coefficient (Wildman–Crippen LogP) is -0.926. The number of hydrogen-bond acceptors (Lipinski definition) is 5. The molecule has 0 bridgehead atoms. The molecule has 48 valence electrons. The summed E-state index contributed by atoms with van der Waals surface area (Å²) < 4.78 is -0.122. The van der Waals surface area contributed by atoms with E-state index in [0.29, 0.717) is 0 Å². The Hall–Kier alpha value is -0.240. The van der Waals surface area contributed by atoms with Gasteiger partial charge in [-0.25, -0.2) is 0 Å². The Morgan fingerprint density at radius 2 is 2.25 bits per heavy atom. The van der Waals surface area contributed by atoms with Gasteiger partial charge in [-0.15, -0.1) is 4.94 Å². The summed E-state index contributed by atoms with van der Waals surface area (Å²) in [7, 11) is 3.22. The van der Waals surface area contributed by atoms with Crippen LogP contribution in [0.1, 0.15) is 0 Å². The highest BCUT2D eigenvalue weighted by Crippen LogP contribution is 2.04. The Kier molecular flexibility index (Phi) is 1.19. The zero-order valence-corrected chi connectivity index (χ0v) is 4.62. The molecular formula is C2H7N3O3. The minimum Gasteiger partial charge on any atom is -0.732 e. The van der Waals surface area contributed by atoms with E-state index < -0.39 is 0 Å². The lowest BCUT2D eigenvalue weighted by Crippen LogP contribution is -2.44. The van der Waals surface area contributed by atoms with Crippen molar-refractivity contribution < 1.29 is 14.6 Å². The maximum atomic E-state index is 10.1. The van der Waals surface area contributed by atoms with Crippen molar-refractivity contribution in [2.24, 2.45) is 0 Å². The van der Waals surface area contributed by atoms with Crippen LogP contribution in [0, 0.1) is 5.21 Å². The summed E-state index contributed by atoms with van der Waals surface area (Å²) >= 11 is 0. The highest BCUT2D eigenvalue weighted by Gasteiger charge is 2.27. The van der Waals surface area contributed by atoms with E-state index in [-0.39, 0.29) is 10.1 Å². The van der Waals surface area contributed by atoms with Gasteiger partial charge < -0.3 is 5.21 Å². The van der Waals surface area contributed by atoms with Gasteiger partial charge in [0.15, 0.2) is 0 Å². The van der Waals surface area contributed by atoms with Crippen LogP contribution in [-0.2, 0) is 9.88 Å². The minimum absolute atomic E-state index is 0. The maximum Gasteiger partial charge on any atom is 0.122 e. The molecule has 0 spiro atoms. The fourth-order valence-corrected chi connectivity index (χ4v) is 0.332. The fourth-order valence-electron chi connectivity index (χ4n) is 0.332. The first-order valence-electron chi connectivity index (χ1n) is 2.05. The molecule has 0 amide bonds. The van der Waals surface area contributed by atoms with Gasteiger partial charge in [-0.3, -0.25) is 0 Å². The molecule has 1 rings (SSSR count). The Morgan fingerprint density at radius 3 is 2.38 bits per heavy atom. The molecule has 1 fully saturated rings. The maximum absolute atomic E-state index is 10.1. The number of hydrogen-bond donors (Lipinski definition) is 1. The van der Waals surface area contributed by atoms with Gasteiger partial charge in [0.25, 0.3) is 0 Å². The normalized spacial score (nSPS) is 28.9. The van der Waals surface area contributed by atoms with Gasteiger partial charge >= 0.3 is 0 Å². The van der Waals surface area contributed by atoms with Crippen molar-refractivity contribution in [2.45, 2.75) is 0 Å². The summed E-state index contributed by atoms with van der Waals surface area (Å²) in [6.07, 6.45) is 0. The lowest BCUT2D eigenvalue weighted by atomic mass is 11.1. The summed E-state index contributed by atoms with van der Waals surface area (Å²) in [5.41, 5.74) is 2.27. The monoisotopic (exact) mass is 121 g/mol. The highest BCUT2D eigenvalue weighted by atomic mass is 17.3.